The first kappa shape index (κ1) is 24.3. The normalized spacial score (nSPS) is 11.4. The third kappa shape index (κ3) is 6.57. The summed E-state index contributed by atoms with van der Waals surface area (Å²) < 4.78 is 52.9. The maximum Gasteiger partial charge on any atom is 0.263 e. The molecule has 0 radical (unpaired) electrons. The van der Waals surface area contributed by atoms with Gasteiger partial charge in [0.15, 0.2) is 16.6 Å². The number of amides is 1. The molecule has 10 nitrogen and oxygen atoms in total. The van der Waals surface area contributed by atoms with Gasteiger partial charge in [0.05, 0.1) is 4.90 Å². The number of thioether (sulfide) groups is 1. The maximum atomic E-state index is 12.8. The molecule has 0 aliphatic carbocycles. The van der Waals surface area contributed by atoms with E-state index in [0.29, 0.717) is 5.75 Å². The van der Waals surface area contributed by atoms with Gasteiger partial charge in [0.1, 0.15) is 0 Å². The van der Waals surface area contributed by atoms with Crippen LogP contribution in [0, 0.1) is 5.41 Å². The van der Waals surface area contributed by atoms with E-state index in [9.17, 15) is 22.0 Å². The number of benzene rings is 2. The summed E-state index contributed by atoms with van der Waals surface area (Å²) in [7, 11) is -3.84. The Balaban J connectivity index is 1.52. The van der Waals surface area contributed by atoms with Crippen LogP contribution in [0.15, 0.2) is 63.1 Å². The van der Waals surface area contributed by atoms with Crippen molar-refractivity contribution in [2.75, 3.05) is 17.6 Å². The van der Waals surface area contributed by atoms with E-state index in [0.717, 1.165) is 11.8 Å². The number of hydrogen-bond acceptors (Lipinski definition) is 8. The number of carbonyl (C=O) groups is 1. The molecule has 5 N–H and O–H groups in total. The van der Waals surface area contributed by atoms with Crippen molar-refractivity contribution in [2.24, 2.45) is 5.14 Å². The Bertz CT molecular complexity index is 1250. The number of anilines is 1. The van der Waals surface area contributed by atoms with E-state index >= 15 is 0 Å². The summed E-state index contributed by atoms with van der Waals surface area (Å²) in [5, 5.41) is 26.2. The van der Waals surface area contributed by atoms with Crippen LogP contribution in [0.5, 0.6) is 0 Å². The van der Waals surface area contributed by atoms with Crippen LogP contribution in [0.1, 0.15) is 28.0 Å². The number of halogens is 2. The van der Waals surface area contributed by atoms with Gasteiger partial charge in [0.25, 0.3) is 12.3 Å². The van der Waals surface area contributed by atoms with Crippen LogP contribution in [0.3, 0.4) is 0 Å². The average Bonchev–Trinajstić information content (AvgIpc) is 3.25. The second-order valence-corrected chi connectivity index (χ2v) is 9.16. The molecule has 0 atom stereocenters. The van der Waals surface area contributed by atoms with Crippen LogP contribution in [-0.4, -0.2) is 42.8 Å². The number of hydrogen-bond donors (Lipinski definition) is 4. The SMILES string of the molecule is N=C(Nc1cccc(C(F)F)c1)c1nonc1SCCNC(=O)c1ccc(S(N)(=O)=O)cc1. The number of sulfonamides is 1. The molecule has 2 aromatic carbocycles. The monoisotopic (exact) mass is 496 g/mol. The summed E-state index contributed by atoms with van der Waals surface area (Å²) in [4.78, 5) is 12.1. The Hall–Kier alpha value is -3.36. The number of nitrogens with one attached hydrogen (secondary N) is 3. The fourth-order valence-corrected chi connectivity index (χ4v) is 3.87. The van der Waals surface area contributed by atoms with E-state index in [1.165, 1.54) is 48.5 Å². The van der Waals surface area contributed by atoms with Crippen LogP contribution in [-0.2, 0) is 10.0 Å². The van der Waals surface area contributed by atoms with Crippen LogP contribution in [0.2, 0.25) is 0 Å². The standard InChI is InChI=1S/C19H18F2N6O4S2/c20-16(21)12-2-1-3-13(10-12)25-17(22)15-19(27-31-26-15)32-9-8-24-18(28)11-4-6-14(7-5-11)33(23,29)30/h1-7,10,16H,8-9H2,(H2,22,25)(H,24,28)(H2,23,29,30). The fraction of sp³-hybridized carbons (Fsp3) is 0.158. The molecular formula is C19H18F2N6O4S2. The molecule has 33 heavy (non-hydrogen) atoms. The number of amidine groups is 1. The average molecular weight is 497 g/mol. The lowest BCUT2D eigenvalue weighted by Crippen LogP contribution is -2.26. The molecule has 0 unspecified atom stereocenters. The van der Waals surface area contributed by atoms with Crippen LogP contribution in [0.4, 0.5) is 14.5 Å². The number of nitrogens with zero attached hydrogens (tertiary/aromatic N) is 2. The number of carbonyl (C=O) groups excluding carboxylic acids is 1. The van der Waals surface area contributed by atoms with Crippen LogP contribution < -0.4 is 15.8 Å². The minimum absolute atomic E-state index is 0.0901. The molecule has 1 aromatic heterocycles. The van der Waals surface area contributed by atoms with Crippen molar-refractivity contribution in [1.82, 2.24) is 15.6 Å². The van der Waals surface area contributed by atoms with Crippen molar-refractivity contribution < 1.29 is 26.6 Å². The van der Waals surface area contributed by atoms with Crippen molar-refractivity contribution in [3.8, 4) is 0 Å². The van der Waals surface area contributed by atoms with Gasteiger partial charge in [-0.2, -0.15) is 0 Å². The molecule has 0 saturated carbocycles. The van der Waals surface area contributed by atoms with E-state index in [1.54, 1.807) is 0 Å². The first-order valence-electron chi connectivity index (χ1n) is 9.25. The van der Waals surface area contributed by atoms with Crippen LogP contribution >= 0.6 is 11.8 Å². The zero-order chi connectivity index (χ0) is 24.0. The molecule has 0 fully saturated rings. The Kier molecular flexibility index (Phi) is 7.73. The third-order valence-electron chi connectivity index (χ3n) is 4.17. The molecule has 1 heterocycles. The smallest absolute Gasteiger partial charge is 0.263 e. The van der Waals surface area contributed by atoms with Gasteiger partial charge in [-0.25, -0.2) is 27.0 Å². The van der Waals surface area contributed by atoms with Crippen molar-refractivity contribution >= 4 is 39.2 Å². The Morgan fingerprint density at radius 3 is 2.58 bits per heavy atom. The Labute approximate surface area is 191 Å². The number of nitrogens with two attached hydrogens (primary N) is 1. The molecular weight excluding hydrogens is 478 g/mol. The van der Waals surface area contributed by atoms with Gasteiger partial charge < -0.3 is 10.6 Å². The molecule has 0 bridgehead atoms. The zero-order valence-electron chi connectivity index (χ0n) is 16.8. The minimum Gasteiger partial charge on any atom is -0.351 e. The predicted molar refractivity (Wildman–Crippen MR) is 117 cm³/mol. The van der Waals surface area contributed by atoms with Crippen molar-refractivity contribution in [1.29, 1.82) is 5.41 Å². The Morgan fingerprint density at radius 2 is 1.91 bits per heavy atom. The van der Waals surface area contributed by atoms with Crippen LogP contribution in [0.25, 0.3) is 0 Å². The minimum atomic E-state index is -3.84. The summed E-state index contributed by atoms with van der Waals surface area (Å²) in [5.41, 5.74) is 0.453. The van der Waals surface area contributed by atoms with E-state index in [2.05, 4.69) is 25.6 Å². The fourth-order valence-electron chi connectivity index (χ4n) is 2.59. The van der Waals surface area contributed by atoms with E-state index in [-0.39, 0.29) is 44.8 Å². The molecule has 0 saturated heterocycles. The van der Waals surface area contributed by atoms with E-state index in [4.69, 9.17) is 10.5 Å². The van der Waals surface area contributed by atoms with Crippen molar-refractivity contribution in [3.05, 3.63) is 65.4 Å². The summed E-state index contributed by atoms with van der Waals surface area (Å²) in [5.74, 6) is -0.247. The van der Waals surface area contributed by atoms with E-state index in [1.807, 2.05) is 0 Å². The van der Waals surface area contributed by atoms with Crippen molar-refractivity contribution in [2.45, 2.75) is 16.3 Å². The Morgan fingerprint density at radius 1 is 1.18 bits per heavy atom. The molecule has 1 amide bonds. The van der Waals surface area contributed by atoms with Crippen molar-refractivity contribution in [3.63, 3.8) is 0 Å². The van der Waals surface area contributed by atoms with Gasteiger partial charge in [-0.05, 0) is 46.7 Å². The van der Waals surface area contributed by atoms with E-state index < -0.39 is 22.4 Å². The second kappa shape index (κ2) is 10.5. The predicted octanol–water partition coefficient (Wildman–Crippen LogP) is 2.61. The molecule has 3 rings (SSSR count). The number of rotatable bonds is 9. The van der Waals surface area contributed by atoms with Gasteiger partial charge in [-0.15, -0.1) is 0 Å². The number of alkyl halides is 2. The summed E-state index contributed by atoms with van der Waals surface area (Å²) >= 11 is 1.16. The zero-order valence-corrected chi connectivity index (χ0v) is 18.4. The maximum absolute atomic E-state index is 12.8. The molecule has 0 spiro atoms. The number of primary sulfonamides is 1. The molecule has 174 valence electrons. The highest BCUT2D eigenvalue weighted by Gasteiger charge is 2.17. The highest BCUT2D eigenvalue weighted by Crippen LogP contribution is 2.23. The van der Waals surface area contributed by atoms with Gasteiger partial charge in [-0.3, -0.25) is 10.2 Å². The lowest BCUT2D eigenvalue weighted by molar-refractivity contribution is 0.0956. The highest BCUT2D eigenvalue weighted by molar-refractivity contribution is 7.99. The molecule has 0 aliphatic rings. The first-order valence-corrected chi connectivity index (χ1v) is 11.8. The lowest BCUT2D eigenvalue weighted by atomic mass is 10.2. The quantitative estimate of drug-likeness (QED) is 0.152. The molecule has 3 aromatic rings. The van der Waals surface area contributed by atoms with Gasteiger partial charge in [-0.1, -0.05) is 23.9 Å². The largest absolute Gasteiger partial charge is 0.351 e. The molecule has 0 aliphatic heterocycles. The molecule has 14 heteroatoms. The van der Waals surface area contributed by atoms with Gasteiger partial charge >= 0.3 is 0 Å². The lowest BCUT2D eigenvalue weighted by Gasteiger charge is -2.08. The summed E-state index contributed by atoms with van der Waals surface area (Å²) in [6.45, 7) is 0.226. The van der Waals surface area contributed by atoms with Gasteiger partial charge in [0.2, 0.25) is 10.0 Å². The van der Waals surface area contributed by atoms with Gasteiger partial charge in [0, 0.05) is 29.1 Å². The first-order chi connectivity index (χ1) is 15.6. The number of aromatic nitrogens is 2. The second-order valence-electron chi connectivity index (χ2n) is 6.52. The topological polar surface area (TPSA) is 164 Å². The third-order valence-corrected chi connectivity index (χ3v) is 6.05. The highest BCUT2D eigenvalue weighted by atomic mass is 32.2. The summed E-state index contributed by atoms with van der Waals surface area (Å²) in [6.07, 6.45) is -2.64. The summed E-state index contributed by atoms with van der Waals surface area (Å²) in [6, 6.07) is 10.6.